The van der Waals surface area contributed by atoms with E-state index in [1.807, 2.05) is 0 Å². The average Bonchev–Trinajstić information content (AvgIpc) is 2.53. The van der Waals surface area contributed by atoms with Crippen molar-refractivity contribution in [3.63, 3.8) is 0 Å². The molecule has 1 aliphatic heterocycles. The zero-order valence-electron chi connectivity index (χ0n) is 8.25. The summed E-state index contributed by atoms with van der Waals surface area (Å²) in [5.41, 5.74) is 0.508. The topological polar surface area (TPSA) is 78.4 Å². The van der Waals surface area contributed by atoms with Crippen molar-refractivity contribution in [3.8, 4) is 5.75 Å². The van der Waals surface area contributed by atoms with E-state index in [9.17, 15) is 14.7 Å². The third-order valence-corrected chi connectivity index (χ3v) is 3.14. The minimum atomic E-state index is -0.574. The normalized spacial score (nSPS) is 17.2. The maximum absolute atomic E-state index is 11.3. The molecule has 0 aromatic heterocycles. The average molecular weight is 362 g/mol. The molecule has 0 radical (unpaired) electrons. The summed E-state index contributed by atoms with van der Waals surface area (Å²) >= 11 is 6.44. The number of phenols is 1. The summed E-state index contributed by atoms with van der Waals surface area (Å²) in [6, 6.07) is 2.73. The Balaban J connectivity index is 2.46. The van der Waals surface area contributed by atoms with Crippen molar-refractivity contribution in [2.75, 3.05) is 0 Å². The van der Waals surface area contributed by atoms with Crippen LogP contribution < -0.4 is 10.6 Å². The van der Waals surface area contributed by atoms with E-state index in [1.165, 1.54) is 6.08 Å². The van der Waals surface area contributed by atoms with Crippen molar-refractivity contribution >= 4 is 49.9 Å². The maximum atomic E-state index is 11.3. The van der Waals surface area contributed by atoms with E-state index in [0.717, 1.165) is 4.47 Å². The first-order valence-electron chi connectivity index (χ1n) is 4.49. The Morgan fingerprint density at radius 1 is 1.18 bits per heavy atom. The van der Waals surface area contributed by atoms with Crippen LogP contribution in [0, 0.1) is 0 Å². The molecule has 1 aromatic rings. The highest BCUT2D eigenvalue weighted by Gasteiger charge is 2.23. The standard InChI is InChI=1S/C10H6Br2N2O3/c11-5-1-4(8(15)6(12)3-5)2-7-9(16)14-10(17)13-7/h1-3,15H,(H2,13,14,16,17)/b7-2+. The van der Waals surface area contributed by atoms with Gasteiger partial charge in [-0.2, -0.15) is 0 Å². The summed E-state index contributed by atoms with van der Waals surface area (Å²) in [6.07, 6.45) is 1.39. The first-order valence-corrected chi connectivity index (χ1v) is 6.08. The van der Waals surface area contributed by atoms with Gasteiger partial charge in [-0.05, 0) is 34.1 Å². The van der Waals surface area contributed by atoms with Crippen LogP contribution in [-0.2, 0) is 4.79 Å². The molecule has 0 unspecified atom stereocenters. The van der Waals surface area contributed by atoms with E-state index >= 15 is 0 Å². The molecule has 0 bridgehead atoms. The third kappa shape index (κ3) is 2.50. The first kappa shape index (κ1) is 12.1. The minimum Gasteiger partial charge on any atom is -0.506 e. The molecule has 7 heteroatoms. The SMILES string of the molecule is O=C1NC(=O)/C(=C\c2cc(Br)cc(Br)c2O)N1. The smallest absolute Gasteiger partial charge is 0.326 e. The molecule has 3 amide bonds. The summed E-state index contributed by atoms with van der Waals surface area (Å²) in [6.45, 7) is 0. The summed E-state index contributed by atoms with van der Waals surface area (Å²) in [5.74, 6) is -0.528. The van der Waals surface area contributed by atoms with E-state index in [4.69, 9.17) is 0 Å². The fourth-order valence-corrected chi connectivity index (χ4v) is 2.59. The number of hydrogen-bond acceptors (Lipinski definition) is 3. The van der Waals surface area contributed by atoms with Crippen LogP contribution in [0.5, 0.6) is 5.75 Å². The zero-order chi connectivity index (χ0) is 12.6. The third-order valence-electron chi connectivity index (χ3n) is 2.08. The van der Waals surface area contributed by atoms with Crippen molar-refractivity contribution in [1.29, 1.82) is 0 Å². The molecule has 1 aliphatic rings. The van der Waals surface area contributed by atoms with Crippen molar-refractivity contribution in [3.05, 3.63) is 32.3 Å². The highest BCUT2D eigenvalue weighted by atomic mass is 79.9. The quantitative estimate of drug-likeness (QED) is 0.529. The second kappa shape index (κ2) is 4.50. The van der Waals surface area contributed by atoms with Gasteiger partial charge >= 0.3 is 6.03 Å². The molecule has 1 saturated heterocycles. The van der Waals surface area contributed by atoms with Crippen LogP contribution >= 0.6 is 31.9 Å². The summed E-state index contributed by atoms with van der Waals surface area (Å²) in [5, 5.41) is 14.2. The fourth-order valence-electron chi connectivity index (χ4n) is 1.33. The molecule has 5 nitrogen and oxygen atoms in total. The van der Waals surface area contributed by atoms with Gasteiger partial charge in [0.05, 0.1) is 4.47 Å². The van der Waals surface area contributed by atoms with Gasteiger partial charge in [-0.1, -0.05) is 15.9 Å². The van der Waals surface area contributed by atoms with Crippen molar-refractivity contribution in [1.82, 2.24) is 10.6 Å². The van der Waals surface area contributed by atoms with Crippen molar-refractivity contribution < 1.29 is 14.7 Å². The molecule has 1 aromatic carbocycles. The van der Waals surface area contributed by atoms with Crippen LogP contribution in [0.4, 0.5) is 4.79 Å². The number of rotatable bonds is 1. The predicted molar refractivity (Wildman–Crippen MR) is 68.2 cm³/mol. The fraction of sp³-hybridized carbons (Fsp3) is 0. The lowest BCUT2D eigenvalue weighted by Crippen LogP contribution is -2.22. The number of phenolic OH excluding ortho intramolecular Hbond substituents is 1. The Labute approximate surface area is 113 Å². The van der Waals surface area contributed by atoms with Gasteiger partial charge in [0.15, 0.2) is 0 Å². The molecular weight excluding hydrogens is 356 g/mol. The Morgan fingerprint density at radius 3 is 2.47 bits per heavy atom. The number of urea groups is 1. The largest absolute Gasteiger partial charge is 0.506 e. The number of aromatic hydroxyl groups is 1. The lowest BCUT2D eigenvalue weighted by Gasteiger charge is -2.04. The van der Waals surface area contributed by atoms with Crippen molar-refractivity contribution in [2.24, 2.45) is 0 Å². The Morgan fingerprint density at radius 2 is 1.88 bits per heavy atom. The van der Waals surface area contributed by atoms with E-state index in [1.54, 1.807) is 12.1 Å². The Bertz CT molecular complexity index is 555. The van der Waals surface area contributed by atoms with E-state index in [0.29, 0.717) is 10.0 Å². The van der Waals surface area contributed by atoms with Gasteiger partial charge in [0.25, 0.3) is 5.91 Å². The lowest BCUT2D eigenvalue weighted by molar-refractivity contribution is -0.115. The number of imide groups is 1. The van der Waals surface area contributed by atoms with Gasteiger partial charge < -0.3 is 10.4 Å². The molecule has 17 heavy (non-hydrogen) atoms. The van der Waals surface area contributed by atoms with Gasteiger partial charge in [-0.25, -0.2) is 4.79 Å². The molecule has 2 rings (SSSR count). The first-order chi connectivity index (χ1) is 7.97. The van der Waals surface area contributed by atoms with E-state index < -0.39 is 11.9 Å². The van der Waals surface area contributed by atoms with Crippen LogP contribution in [0.25, 0.3) is 6.08 Å². The monoisotopic (exact) mass is 360 g/mol. The number of halogens is 2. The summed E-state index contributed by atoms with van der Waals surface area (Å²) in [7, 11) is 0. The van der Waals surface area contributed by atoms with Crippen LogP contribution in [0.3, 0.4) is 0 Å². The van der Waals surface area contributed by atoms with Gasteiger partial charge in [0.1, 0.15) is 11.4 Å². The highest BCUT2D eigenvalue weighted by Crippen LogP contribution is 2.32. The lowest BCUT2D eigenvalue weighted by atomic mass is 10.1. The summed E-state index contributed by atoms with van der Waals surface area (Å²) in [4.78, 5) is 22.2. The van der Waals surface area contributed by atoms with Crippen LogP contribution in [0.15, 0.2) is 26.8 Å². The molecule has 0 spiro atoms. The molecule has 0 aliphatic carbocycles. The second-order valence-corrected chi connectivity index (χ2v) is 5.06. The molecule has 3 N–H and O–H groups in total. The Hall–Kier alpha value is -1.34. The van der Waals surface area contributed by atoms with E-state index in [-0.39, 0.29) is 11.4 Å². The van der Waals surface area contributed by atoms with Gasteiger partial charge in [-0.3, -0.25) is 10.1 Å². The van der Waals surface area contributed by atoms with Gasteiger partial charge in [0.2, 0.25) is 0 Å². The number of carbonyl (C=O) groups excluding carboxylic acids is 2. The molecule has 0 saturated carbocycles. The number of hydrogen-bond donors (Lipinski definition) is 3. The summed E-state index contributed by atoms with van der Waals surface area (Å²) < 4.78 is 1.22. The molecule has 0 atom stereocenters. The molecule has 1 heterocycles. The maximum Gasteiger partial charge on any atom is 0.326 e. The van der Waals surface area contributed by atoms with E-state index in [2.05, 4.69) is 42.5 Å². The number of carbonyl (C=O) groups is 2. The van der Waals surface area contributed by atoms with Gasteiger partial charge in [0, 0.05) is 10.0 Å². The Kier molecular flexibility index (Phi) is 3.21. The van der Waals surface area contributed by atoms with Crippen LogP contribution in [0.1, 0.15) is 5.56 Å². The second-order valence-electron chi connectivity index (χ2n) is 3.29. The highest BCUT2D eigenvalue weighted by molar-refractivity contribution is 9.11. The zero-order valence-corrected chi connectivity index (χ0v) is 11.4. The molecule has 1 fully saturated rings. The number of nitrogens with one attached hydrogen (secondary N) is 2. The minimum absolute atomic E-state index is 0.00495. The number of amides is 3. The predicted octanol–water partition coefficient (Wildman–Crippen LogP) is 2.10. The number of benzene rings is 1. The van der Waals surface area contributed by atoms with Crippen LogP contribution in [0.2, 0.25) is 0 Å². The van der Waals surface area contributed by atoms with Gasteiger partial charge in [-0.15, -0.1) is 0 Å². The van der Waals surface area contributed by atoms with Crippen LogP contribution in [-0.4, -0.2) is 17.0 Å². The molecule has 88 valence electrons. The van der Waals surface area contributed by atoms with Crippen molar-refractivity contribution in [2.45, 2.75) is 0 Å². The molecular formula is C10H6Br2N2O3.